The fraction of sp³-hybridized carbons (Fsp3) is 0.111. The summed E-state index contributed by atoms with van der Waals surface area (Å²) in [6, 6.07) is 10.0. The first-order chi connectivity index (χ1) is 5.35. The van der Waals surface area contributed by atoms with Crippen molar-refractivity contribution < 1.29 is 10.1 Å². The highest BCUT2D eigenvalue weighted by molar-refractivity contribution is 5.45. The first-order valence-corrected chi connectivity index (χ1v) is 3.18. The average Bonchev–Trinajstić information content (AvgIpc) is 2.08. The molecule has 2 nitrogen and oxygen atoms in total. The number of hydrogen-bond donors (Lipinski definition) is 0. The van der Waals surface area contributed by atoms with Crippen LogP contribution in [0.3, 0.4) is 0 Å². The highest BCUT2D eigenvalue weighted by atomic mass is 17.1. The van der Waals surface area contributed by atoms with Crippen molar-refractivity contribution in [2.24, 2.45) is 0 Å². The molecule has 0 N–H and O–H groups in total. The van der Waals surface area contributed by atoms with E-state index in [0.29, 0.717) is 0 Å². The van der Waals surface area contributed by atoms with E-state index < -0.39 is 0 Å². The second-order valence-electron chi connectivity index (χ2n) is 1.78. The van der Waals surface area contributed by atoms with Gasteiger partial charge in [-0.2, -0.15) is 0 Å². The van der Waals surface area contributed by atoms with Crippen molar-refractivity contribution in [1.82, 2.24) is 0 Å². The lowest BCUT2D eigenvalue weighted by atomic mass is 10.2. The molecule has 0 aromatic heterocycles. The fourth-order valence-corrected chi connectivity index (χ4v) is 0.589. The molecule has 0 atom stereocenters. The van der Waals surface area contributed by atoms with Crippen molar-refractivity contribution >= 4 is 6.08 Å². The van der Waals surface area contributed by atoms with Gasteiger partial charge in [-0.1, -0.05) is 43.0 Å². The predicted octanol–water partition coefficient (Wildman–Crippen LogP) is 2.31. The minimum atomic E-state index is 1.07. The van der Waals surface area contributed by atoms with E-state index in [9.17, 15) is 0 Å². The van der Waals surface area contributed by atoms with Gasteiger partial charge in [0.1, 0.15) is 0 Å². The molecule has 0 aliphatic heterocycles. The van der Waals surface area contributed by atoms with Crippen LogP contribution in [0.2, 0.25) is 0 Å². The van der Waals surface area contributed by atoms with Crippen molar-refractivity contribution in [3.63, 3.8) is 0 Å². The summed E-state index contributed by atoms with van der Waals surface area (Å²) in [4.78, 5) is 3.00. The molecule has 0 saturated carbocycles. The van der Waals surface area contributed by atoms with Crippen molar-refractivity contribution in [1.29, 1.82) is 0 Å². The average molecular weight is 151 g/mol. The minimum Gasteiger partial charge on any atom is -0.207 e. The molecule has 1 radical (unpaired) electrons. The normalized spacial score (nSPS) is 7.82. The van der Waals surface area contributed by atoms with Crippen LogP contribution in [0.1, 0.15) is 5.56 Å². The van der Waals surface area contributed by atoms with Gasteiger partial charge in [-0.05, 0) is 10.8 Å². The summed E-state index contributed by atoms with van der Waals surface area (Å²) in [6.07, 6.45) is 1.83. The maximum atomic E-state index is 8.43. The Labute approximate surface area is 66.7 Å². The van der Waals surface area contributed by atoms with Crippen LogP contribution in [0, 0.1) is 0 Å². The quantitative estimate of drug-likeness (QED) is 0.447. The monoisotopic (exact) mass is 151 g/mol. The van der Waals surface area contributed by atoms with E-state index in [2.05, 4.69) is 11.5 Å². The van der Waals surface area contributed by atoms with E-state index in [1.165, 1.54) is 5.56 Å². The molecule has 0 fully saturated rings. The van der Waals surface area contributed by atoms with Crippen LogP contribution in [0.4, 0.5) is 0 Å². The molecule has 0 bridgehead atoms. The highest BCUT2D eigenvalue weighted by Crippen LogP contribution is 1.97. The number of hydrogen-bond acceptors (Lipinski definition) is 1. The summed E-state index contributed by atoms with van der Waals surface area (Å²) in [5.41, 5.74) is 1.17. The van der Waals surface area contributed by atoms with Gasteiger partial charge in [0.15, 0.2) is 0 Å². The van der Waals surface area contributed by atoms with Gasteiger partial charge in [0.05, 0.1) is 7.11 Å². The third-order valence-electron chi connectivity index (χ3n) is 1.04. The lowest BCUT2D eigenvalue weighted by Gasteiger charge is -1.85. The van der Waals surface area contributed by atoms with Gasteiger partial charge in [0.2, 0.25) is 0 Å². The smallest absolute Gasteiger partial charge is 0.0745 e. The van der Waals surface area contributed by atoms with Gasteiger partial charge >= 0.3 is 0 Å². The zero-order chi connectivity index (χ0) is 8.53. The third kappa shape index (κ3) is 5.33. The Morgan fingerprint density at radius 1 is 1.36 bits per heavy atom. The lowest BCUT2D eigenvalue weighted by Crippen LogP contribution is -1.63. The summed E-state index contributed by atoms with van der Waals surface area (Å²) in [6.45, 7) is 3.63. The van der Waals surface area contributed by atoms with E-state index in [-0.39, 0.29) is 0 Å². The van der Waals surface area contributed by atoms with Crippen molar-refractivity contribution in [2.45, 2.75) is 0 Å². The van der Waals surface area contributed by atoms with Crippen molar-refractivity contribution in [3.05, 3.63) is 42.5 Å². The molecular weight excluding hydrogens is 140 g/mol. The fourth-order valence-electron chi connectivity index (χ4n) is 0.589. The third-order valence-corrected chi connectivity index (χ3v) is 1.04. The molecule has 11 heavy (non-hydrogen) atoms. The van der Waals surface area contributed by atoms with E-state index in [1.807, 2.05) is 36.4 Å². The summed E-state index contributed by atoms with van der Waals surface area (Å²) in [5, 5.41) is 8.43. The van der Waals surface area contributed by atoms with Crippen molar-refractivity contribution in [2.75, 3.05) is 7.11 Å². The number of benzene rings is 1. The molecule has 0 spiro atoms. The molecular formula is C9H11O2. The second kappa shape index (κ2) is 6.99. The van der Waals surface area contributed by atoms with Gasteiger partial charge in [-0.15, -0.1) is 0 Å². The zero-order valence-corrected chi connectivity index (χ0v) is 6.49. The topological polar surface area (TPSA) is 29.1 Å². The SMILES string of the molecule is C=Cc1ccccc1.CO[O]. The Hall–Kier alpha value is -1.12. The maximum absolute atomic E-state index is 8.43. The van der Waals surface area contributed by atoms with Crippen LogP contribution in [0.15, 0.2) is 36.9 Å². The first kappa shape index (κ1) is 9.88. The Balaban J connectivity index is 0.000000292. The van der Waals surface area contributed by atoms with E-state index in [1.54, 1.807) is 0 Å². The highest BCUT2D eigenvalue weighted by Gasteiger charge is 1.75. The molecule has 59 valence electrons. The summed E-state index contributed by atoms with van der Waals surface area (Å²) in [5.74, 6) is 0. The molecule has 0 aliphatic carbocycles. The lowest BCUT2D eigenvalue weighted by molar-refractivity contribution is -0.279. The van der Waals surface area contributed by atoms with Gasteiger partial charge in [-0.25, -0.2) is 4.89 Å². The van der Waals surface area contributed by atoms with Gasteiger partial charge < -0.3 is 0 Å². The van der Waals surface area contributed by atoms with E-state index in [0.717, 1.165) is 7.11 Å². The maximum Gasteiger partial charge on any atom is 0.0745 e. The second-order valence-corrected chi connectivity index (χ2v) is 1.78. The van der Waals surface area contributed by atoms with Crippen LogP contribution in [0.25, 0.3) is 6.08 Å². The summed E-state index contributed by atoms with van der Waals surface area (Å²) < 4.78 is 0. The Morgan fingerprint density at radius 3 is 2.09 bits per heavy atom. The van der Waals surface area contributed by atoms with Crippen LogP contribution in [-0.2, 0) is 10.1 Å². The molecule has 0 saturated heterocycles. The predicted molar refractivity (Wildman–Crippen MR) is 44.2 cm³/mol. The van der Waals surface area contributed by atoms with Crippen LogP contribution >= 0.6 is 0 Å². The van der Waals surface area contributed by atoms with E-state index >= 15 is 0 Å². The van der Waals surface area contributed by atoms with E-state index in [4.69, 9.17) is 5.26 Å². The standard InChI is InChI=1S/C8H8.CH3O2/c1-2-8-6-4-3-5-7-8;1-3-2/h2-7H,1H2;1H3. The van der Waals surface area contributed by atoms with Gasteiger partial charge in [0, 0.05) is 0 Å². The molecule has 0 unspecified atom stereocenters. The molecule has 1 aromatic rings. The van der Waals surface area contributed by atoms with Crippen LogP contribution < -0.4 is 0 Å². The summed E-state index contributed by atoms with van der Waals surface area (Å²) in [7, 11) is 1.07. The molecule has 0 heterocycles. The minimum absolute atomic E-state index is 1.07. The largest absolute Gasteiger partial charge is 0.207 e. The molecule has 0 amide bonds. The molecule has 2 heteroatoms. The zero-order valence-electron chi connectivity index (χ0n) is 6.49. The van der Waals surface area contributed by atoms with Crippen molar-refractivity contribution in [3.8, 4) is 0 Å². The molecule has 1 rings (SSSR count). The Morgan fingerprint density at radius 2 is 1.82 bits per heavy atom. The molecule has 0 aliphatic rings. The summed E-state index contributed by atoms with van der Waals surface area (Å²) >= 11 is 0. The molecule has 1 aromatic carbocycles. The Kier molecular flexibility index (Phi) is 6.28. The van der Waals surface area contributed by atoms with Gasteiger partial charge in [-0.3, -0.25) is 0 Å². The van der Waals surface area contributed by atoms with Gasteiger partial charge in [0.25, 0.3) is 0 Å². The Bertz CT molecular complexity index is 182. The van der Waals surface area contributed by atoms with Crippen LogP contribution in [0.5, 0.6) is 0 Å². The van der Waals surface area contributed by atoms with Crippen LogP contribution in [-0.4, -0.2) is 7.11 Å². The number of rotatable bonds is 1. The first-order valence-electron chi connectivity index (χ1n) is 3.18.